The monoisotopic (exact) mass is 2040 g/mol. The maximum absolute atomic E-state index is 15.1. The summed E-state index contributed by atoms with van der Waals surface area (Å²) < 4.78 is 34.3. The van der Waals surface area contributed by atoms with Crippen LogP contribution in [0.5, 0.6) is 11.5 Å². The average Bonchev–Trinajstić information content (AvgIpc) is 1.61. The lowest BCUT2D eigenvalue weighted by molar-refractivity contribution is -0.149. The third-order valence-corrected chi connectivity index (χ3v) is 23.8. The van der Waals surface area contributed by atoms with Crippen LogP contribution in [0.15, 0.2) is 110 Å². The number of hydrogen-bond donors (Lipinski definition) is 15. The normalized spacial score (nSPS) is 16.3. The molecule has 15 N–H and O–H groups in total. The quantitative estimate of drug-likeness (QED) is 0.0120. The number of nitrogens with one attached hydrogen (secondary N) is 15. The number of carbonyl (C=O) groups is 17. The molecule has 0 unspecified atom stereocenters. The van der Waals surface area contributed by atoms with E-state index < -0.39 is 227 Å². The van der Waals surface area contributed by atoms with Crippen LogP contribution in [0.1, 0.15) is 238 Å². The summed E-state index contributed by atoms with van der Waals surface area (Å²) in [5.41, 5.74) is 2.51. The predicted octanol–water partition coefficient (Wildman–Crippen LogP) is 7.05. The highest BCUT2D eigenvalue weighted by atomic mass is 16.6. The van der Waals surface area contributed by atoms with Crippen LogP contribution in [0.2, 0.25) is 0 Å². The van der Waals surface area contributed by atoms with E-state index in [0.717, 1.165) is 22.3 Å². The van der Waals surface area contributed by atoms with Gasteiger partial charge in [0.05, 0.1) is 18.2 Å². The van der Waals surface area contributed by atoms with E-state index in [1.54, 1.807) is 125 Å². The molecule has 1 aliphatic carbocycles. The largest absolute Gasteiger partial charge is 0.488 e. The van der Waals surface area contributed by atoms with Gasteiger partial charge in [0, 0.05) is 51.5 Å². The zero-order valence-corrected chi connectivity index (χ0v) is 88.8. The van der Waals surface area contributed by atoms with E-state index in [2.05, 4.69) is 86.3 Å². The summed E-state index contributed by atoms with van der Waals surface area (Å²) in [6.07, 6.45) is -0.142. The zero-order valence-electron chi connectivity index (χ0n) is 88.8. The average molecular weight is 2040 g/mol. The van der Waals surface area contributed by atoms with Gasteiger partial charge < -0.3 is 118 Å². The number of hydrogen-bond acceptors (Lipinski definition) is 23. The molecule has 3 aliphatic rings. The minimum Gasteiger partial charge on any atom is -0.488 e. The lowest BCUT2D eigenvalue weighted by Crippen LogP contribution is -2.61. The highest BCUT2D eigenvalue weighted by molar-refractivity contribution is 6.01. The fraction of sp³-hybridized carbons (Fsp3) is 0.594. The first kappa shape index (κ1) is 120. The number of carbonyl (C=O) groups excluding carboxylic acids is 17. The van der Waals surface area contributed by atoms with Gasteiger partial charge in [0.15, 0.2) is 0 Å². The molecule has 4 aromatic rings. The first-order valence-corrected chi connectivity index (χ1v) is 50.5. The molecular formula is C106H157N17O23. The molecule has 0 bridgehead atoms. The molecule has 0 spiro atoms. The van der Waals surface area contributed by atoms with E-state index in [9.17, 15) is 71.9 Å². The van der Waals surface area contributed by atoms with Gasteiger partial charge in [-0.05, 0) is 244 Å². The zero-order chi connectivity index (χ0) is 108. The first-order chi connectivity index (χ1) is 68.5. The topological polar surface area (TPSA) is 532 Å². The molecule has 7 rings (SSSR count). The number of fused-ring (bicyclic) bond motifs is 3. The molecule has 40 heteroatoms. The number of ether oxygens (including phenoxy) is 6. The van der Waals surface area contributed by atoms with Crippen molar-refractivity contribution in [2.24, 2.45) is 17.8 Å². The van der Waals surface area contributed by atoms with Gasteiger partial charge in [-0.3, -0.25) is 67.1 Å². The summed E-state index contributed by atoms with van der Waals surface area (Å²) in [6, 6.07) is 13.8. The summed E-state index contributed by atoms with van der Waals surface area (Å²) in [7, 11) is 0. The molecule has 804 valence electrons. The third kappa shape index (κ3) is 39.5. The van der Waals surface area contributed by atoms with E-state index in [1.165, 1.54) is 36.6 Å². The summed E-state index contributed by atoms with van der Waals surface area (Å²) in [5.74, 6) is -11.3. The van der Waals surface area contributed by atoms with E-state index in [4.69, 9.17) is 28.4 Å². The Kier molecular flexibility index (Phi) is 45.6. The Hall–Kier alpha value is -13.4. The maximum Gasteiger partial charge on any atom is 0.407 e. The molecule has 2 fully saturated rings. The second kappa shape index (κ2) is 55.8. The lowest BCUT2D eigenvalue weighted by atomic mass is 9.98. The second-order valence-corrected chi connectivity index (χ2v) is 42.3. The Morgan fingerprint density at radius 1 is 0.397 bits per heavy atom. The third-order valence-electron chi connectivity index (χ3n) is 23.8. The Bertz CT molecular complexity index is 5110. The Morgan fingerprint density at radius 3 is 1.36 bits per heavy atom. The number of benzene rings is 4. The molecule has 4 aromatic carbocycles. The minimum absolute atomic E-state index is 0.00800. The van der Waals surface area contributed by atoms with Gasteiger partial charge in [-0.15, -0.1) is 0 Å². The fourth-order valence-corrected chi connectivity index (χ4v) is 16.8. The summed E-state index contributed by atoms with van der Waals surface area (Å²) in [6.45, 7) is 40.4. The van der Waals surface area contributed by atoms with Crippen molar-refractivity contribution in [1.82, 2.24) is 89.6 Å². The standard InChI is InChI=1S/C106H157N17O23/c1-24-54-141-100(138)108-51-33-50-107-91(129)79(56-68-41-45-70(46-42-68)144-104(15,16)17)118-96(134)82-40-32-53-123(82)99(137)87(67(11)143-103(12,13)14)121-90(128)66(10)113-88(126)64(8)112-83(124)58-110-95(133)81-39-31-52-122(81)98(136)86(63(6)7)120-97(135)85(62(4)5)119-92(130)77(38-29-30-49-109-102(140)146-106(21,22)23)116-94(132)80(57-69-43-47-71(48-44-69)145-105(18,19)20)117-89(127)65(9)114-93(131)78(55-61(2)3)115-84(125)59-111-101(139)142-60-76-74-36-27-25-34-72(74)73-35-26-28-37-75(73)76/h24-28,34-37,41-48,61-67,76-82,85-87H,1,29-33,38-40,49-60H2,2-23H3,(H,107,129)(H,108,138)(H,109,140)(H,110,133)(H,111,139)(H,112,124)(H,113,126)(H,114,131)(H,115,125)(H,116,132)(H,117,127)(H,118,134)(H,119,130)(H,120,135)(H,121,128)/t64-,65-,66-,67+,77-,78-,79-,80-,81-,82-,85-,86-,87-/m0/s1. The molecule has 13 atom stereocenters. The smallest absolute Gasteiger partial charge is 0.407 e. The minimum atomic E-state index is -1.47. The first-order valence-electron chi connectivity index (χ1n) is 50.5. The molecular weight excluding hydrogens is 1880 g/mol. The van der Waals surface area contributed by atoms with Crippen molar-refractivity contribution in [3.8, 4) is 22.6 Å². The van der Waals surface area contributed by atoms with Crippen LogP contribution in [0, 0.1) is 17.8 Å². The molecule has 2 saturated heterocycles. The van der Waals surface area contributed by atoms with Crippen molar-refractivity contribution in [3.05, 3.63) is 132 Å². The van der Waals surface area contributed by atoms with Crippen LogP contribution in [-0.4, -0.2) is 271 Å². The molecule has 0 aromatic heterocycles. The van der Waals surface area contributed by atoms with Crippen molar-refractivity contribution in [2.45, 2.75) is 330 Å². The maximum atomic E-state index is 15.1. The van der Waals surface area contributed by atoms with Crippen molar-refractivity contribution in [2.75, 3.05) is 59.0 Å². The molecule has 146 heavy (non-hydrogen) atoms. The van der Waals surface area contributed by atoms with Gasteiger partial charge in [0.25, 0.3) is 0 Å². The molecule has 0 radical (unpaired) electrons. The van der Waals surface area contributed by atoms with Gasteiger partial charge in [-0.2, -0.15) is 0 Å². The van der Waals surface area contributed by atoms with Gasteiger partial charge >= 0.3 is 18.3 Å². The van der Waals surface area contributed by atoms with Crippen LogP contribution in [-0.2, 0) is 98.9 Å². The van der Waals surface area contributed by atoms with E-state index in [1.807, 2.05) is 104 Å². The summed E-state index contributed by atoms with van der Waals surface area (Å²) >= 11 is 0. The Balaban J connectivity index is 0.979. The molecule has 2 aliphatic heterocycles. The molecule has 2 heterocycles. The van der Waals surface area contributed by atoms with Crippen LogP contribution < -0.4 is 89.2 Å². The van der Waals surface area contributed by atoms with Crippen molar-refractivity contribution in [3.63, 3.8) is 0 Å². The van der Waals surface area contributed by atoms with Crippen LogP contribution >= 0.6 is 0 Å². The highest BCUT2D eigenvalue weighted by Gasteiger charge is 2.45. The van der Waals surface area contributed by atoms with Crippen LogP contribution in [0.3, 0.4) is 0 Å². The Morgan fingerprint density at radius 2 is 0.836 bits per heavy atom. The van der Waals surface area contributed by atoms with E-state index >= 15 is 9.59 Å². The van der Waals surface area contributed by atoms with E-state index in [0.29, 0.717) is 41.9 Å². The van der Waals surface area contributed by atoms with Gasteiger partial charge in [-0.1, -0.05) is 127 Å². The molecule has 17 amide bonds. The van der Waals surface area contributed by atoms with E-state index in [-0.39, 0.29) is 109 Å². The fourth-order valence-electron chi connectivity index (χ4n) is 16.8. The SMILES string of the molecule is C=CCOC(=O)NCCCNC(=O)[C@H](Cc1ccc(OC(C)(C)C)cc1)NC(=O)[C@@H]1CCCN1C(=O)[C@@H](NC(=O)[C@H](C)NC(=O)[C@H](C)NC(=O)CNC(=O)[C@@H]1CCCN1C(=O)[C@@H](NC(=O)[C@@H](NC(=O)[C@H](CCCCNC(=O)OC(C)(C)C)NC(=O)[C@H](Cc1ccc(OC(C)(C)C)cc1)NC(=O)[C@H](C)NC(=O)[C@H](CC(C)C)NC(=O)CNC(=O)OCC1c2ccccc2-c2ccccc21)C(C)C)C(C)C)[C@@H](C)OC(C)(C)C. The van der Waals surface area contributed by atoms with Gasteiger partial charge in [-0.25, -0.2) is 14.4 Å². The number of rotatable bonds is 51. The van der Waals surface area contributed by atoms with Crippen molar-refractivity contribution >= 4 is 101 Å². The number of amides is 17. The highest BCUT2D eigenvalue weighted by Crippen LogP contribution is 2.45. The summed E-state index contributed by atoms with van der Waals surface area (Å²) in [4.78, 5) is 242. The van der Waals surface area contributed by atoms with Gasteiger partial charge in [0.2, 0.25) is 82.7 Å². The Labute approximate surface area is 857 Å². The van der Waals surface area contributed by atoms with Crippen molar-refractivity contribution < 1.29 is 110 Å². The number of unbranched alkanes of at least 4 members (excludes halogenated alkanes) is 1. The number of likely N-dealkylation sites (tertiary alicyclic amines) is 2. The molecule has 40 nitrogen and oxygen atoms in total. The number of nitrogens with zero attached hydrogens (tertiary/aromatic N) is 2. The van der Waals surface area contributed by atoms with Crippen molar-refractivity contribution in [1.29, 1.82) is 0 Å². The predicted molar refractivity (Wildman–Crippen MR) is 548 cm³/mol. The lowest BCUT2D eigenvalue weighted by Gasteiger charge is -2.35. The van der Waals surface area contributed by atoms with Crippen LogP contribution in [0.25, 0.3) is 11.1 Å². The summed E-state index contributed by atoms with van der Waals surface area (Å²) in [5, 5.41) is 40.3. The van der Waals surface area contributed by atoms with Gasteiger partial charge in [0.1, 0.15) is 121 Å². The second-order valence-electron chi connectivity index (χ2n) is 42.3. The molecule has 0 saturated carbocycles. The number of alkyl carbamates (subject to hydrolysis) is 3. The van der Waals surface area contributed by atoms with Crippen LogP contribution in [0.4, 0.5) is 14.4 Å².